The summed E-state index contributed by atoms with van der Waals surface area (Å²) in [6.07, 6.45) is 3.54. The fraction of sp³-hybridized carbons (Fsp3) is 0.267. The first kappa shape index (κ1) is 17.4. The van der Waals surface area contributed by atoms with Gasteiger partial charge in [0.25, 0.3) is 11.6 Å². The summed E-state index contributed by atoms with van der Waals surface area (Å²) in [6.45, 7) is 0.663. The van der Waals surface area contributed by atoms with Crippen LogP contribution in [-0.4, -0.2) is 37.2 Å². The Kier molecular flexibility index (Phi) is 5.00. The third kappa shape index (κ3) is 3.49. The number of rotatable bonds is 5. The Morgan fingerprint density at radius 2 is 2.24 bits per heavy atom. The van der Waals surface area contributed by atoms with Crippen molar-refractivity contribution >= 4 is 44.9 Å². The number of carbonyl (C=O) groups excluding carboxylic acids is 1. The largest absolute Gasteiger partial charge is 0.315 e. The molecule has 0 atom stereocenters. The van der Waals surface area contributed by atoms with Gasteiger partial charge in [-0.1, -0.05) is 11.3 Å². The first-order valence-corrected chi connectivity index (χ1v) is 9.56. The number of thiazole rings is 1. The van der Waals surface area contributed by atoms with E-state index in [-0.39, 0.29) is 11.6 Å². The van der Waals surface area contributed by atoms with E-state index in [0.717, 1.165) is 16.0 Å². The van der Waals surface area contributed by atoms with Crippen LogP contribution in [0.15, 0.2) is 35.5 Å². The molecular weight excluding hydrogens is 362 g/mol. The third-order valence-electron chi connectivity index (χ3n) is 3.63. The second kappa shape index (κ2) is 7.19. The number of aromatic nitrogens is 3. The molecule has 25 heavy (non-hydrogen) atoms. The van der Waals surface area contributed by atoms with Crippen LogP contribution < -0.4 is 4.80 Å². The Morgan fingerprint density at radius 3 is 2.88 bits per heavy atom. The molecular formula is C15H15N5O3S2. The molecule has 0 N–H and O–H groups in total. The van der Waals surface area contributed by atoms with Gasteiger partial charge in [-0.05, 0) is 18.4 Å². The van der Waals surface area contributed by atoms with Crippen molar-refractivity contribution in [2.45, 2.75) is 6.54 Å². The molecule has 1 aromatic carbocycles. The molecule has 0 aliphatic rings. The van der Waals surface area contributed by atoms with Gasteiger partial charge in [0.2, 0.25) is 0 Å². The van der Waals surface area contributed by atoms with Gasteiger partial charge < -0.3 is 4.57 Å². The Bertz CT molecular complexity index is 1020. The fourth-order valence-electron chi connectivity index (χ4n) is 2.39. The molecule has 0 fully saturated rings. The van der Waals surface area contributed by atoms with E-state index in [0.29, 0.717) is 17.0 Å². The van der Waals surface area contributed by atoms with Gasteiger partial charge in [0.05, 0.1) is 15.1 Å². The lowest BCUT2D eigenvalue weighted by Crippen LogP contribution is -2.19. The summed E-state index contributed by atoms with van der Waals surface area (Å²) in [7, 11) is 1.68. The number of benzene rings is 1. The molecule has 0 aliphatic carbocycles. The average Bonchev–Trinajstić information content (AvgIpc) is 3.15. The quantitative estimate of drug-likeness (QED) is 0.503. The van der Waals surface area contributed by atoms with Crippen LogP contribution >= 0.6 is 23.1 Å². The number of hydrogen-bond donors (Lipinski definition) is 0. The highest BCUT2D eigenvalue weighted by Crippen LogP contribution is 2.23. The second-order valence-electron chi connectivity index (χ2n) is 5.20. The average molecular weight is 377 g/mol. The summed E-state index contributed by atoms with van der Waals surface area (Å²) >= 11 is 2.95. The number of amides is 1. The monoisotopic (exact) mass is 377 g/mol. The van der Waals surface area contributed by atoms with Crippen LogP contribution in [0.2, 0.25) is 0 Å². The predicted molar refractivity (Wildman–Crippen MR) is 98.0 cm³/mol. The van der Waals surface area contributed by atoms with E-state index >= 15 is 0 Å². The fourth-order valence-corrected chi connectivity index (χ4v) is 3.84. The smallest absolute Gasteiger partial charge is 0.297 e. The maximum Gasteiger partial charge on any atom is 0.297 e. The maximum absolute atomic E-state index is 12.4. The Morgan fingerprint density at radius 1 is 1.44 bits per heavy atom. The molecule has 0 unspecified atom stereocenters. The van der Waals surface area contributed by atoms with Gasteiger partial charge in [-0.25, -0.2) is 0 Å². The minimum absolute atomic E-state index is 0.0234. The number of nitro groups is 1. The van der Waals surface area contributed by atoms with Crippen molar-refractivity contribution in [1.82, 2.24) is 14.3 Å². The molecule has 8 nitrogen and oxygen atoms in total. The summed E-state index contributed by atoms with van der Waals surface area (Å²) in [5.41, 5.74) is 1.25. The molecule has 3 rings (SSSR count). The molecule has 2 aromatic heterocycles. The Balaban J connectivity index is 2.15. The molecule has 0 saturated carbocycles. The molecule has 0 bridgehead atoms. The summed E-state index contributed by atoms with van der Waals surface area (Å²) in [5, 5.41) is 15.0. The van der Waals surface area contributed by atoms with Crippen molar-refractivity contribution < 1.29 is 9.72 Å². The Labute approximate surface area is 151 Å². The molecule has 0 spiro atoms. The van der Waals surface area contributed by atoms with Crippen LogP contribution in [0.5, 0.6) is 0 Å². The van der Waals surface area contributed by atoms with E-state index < -0.39 is 4.92 Å². The third-order valence-corrected chi connectivity index (χ3v) is 5.27. The number of hydrogen-bond acceptors (Lipinski definition) is 6. The van der Waals surface area contributed by atoms with Crippen molar-refractivity contribution in [2.75, 3.05) is 12.0 Å². The van der Waals surface area contributed by atoms with Crippen LogP contribution in [0.1, 0.15) is 10.5 Å². The lowest BCUT2D eigenvalue weighted by Gasteiger charge is -2.03. The van der Waals surface area contributed by atoms with Gasteiger partial charge in [-0.3, -0.25) is 19.6 Å². The molecule has 3 aromatic rings. The minimum Gasteiger partial charge on any atom is -0.315 e. The number of non-ortho nitro benzene ring substituents is 1. The maximum atomic E-state index is 12.4. The number of nitro benzene ring substituents is 1. The zero-order valence-corrected chi connectivity index (χ0v) is 15.2. The highest BCUT2D eigenvalue weighted by atomic mass is 32.2. The van der Waals surface area contributed by atoms with E-state index in [1.807, 2.05) is 10.8 Å². The molecule has 10 heteroatoms. The SMILES string of the molecule is CSCCn1c(=NC(=O)c2ccnn2C)sc2cc([N+](=O)[O-])ccc21. The summed E-state index contributed by atoms with van der Waals surface area (Å²) in [4.78, 5) is 27.7. The standard InChI is InChI=1S/C15H15N5O3S2/c1-18-12(5-6-16-18)14(21)17-15-19(7-8-24-2)11-4-3-10(20(22)23)9-13(11)25-15/h3-6,9H,7-8H2,1-2H3. The number of thioether (sulfide) groups is 1. The van der Waals surface area contributed by atoms with Gasteiger partial charge in [-0.15, -0.1) is 0 Å². The van der Waals surface area contributed by atoms with E-state index in [2.05, 4.69) is 10.1 Å². The second-order valence-corrected chi connectivity index (χ2v) is 7.19. The van der Waals surface area contributed by atoms with Gasteiger partial charge >= 0.3 is 0 Å². The zero-order valence-electron chi connectivity index (χ0n) is 13.6. The van der Waals surface area contributed by atoms with Crippen LogP contribution in [0.4, 0.5) is 5.69 Å². The van der Waals surface area contributed by atoms with E-state index in [1.54, 1.807) is 37.1 Å². The van der Waals surface area contributed by atoms with Crippen molar-refractivity contribution in [1.29, 1.82) is 0 Å². The predicted octanol–water partition coefficient (Wildman–Crippen LogP) is 2.45. The zero-order chi connectivity index (χ0) is 18.0. The van der Waals surface area contributed by atoms with Gasteiger partial charge in [-0.2, -0.15) is 21.9 Å². The van der Waals surface area contributed by atoms with E-state index in [1.165, 1.54) is 28.2 Å². The Hall–Kier alpha value is -2.46. The van der Waals surface area contributed by atoms with Crippen LogP contribution in [0, 0.1) is 10.1 Å². The topological polar surface area (TPSA) is 95.3 Å². The van der Waals surface area contributed by atoms with Gasteiger partial charge in [0.1, 0.15) is 5.69 Å². The van der Waals surface area contributed by atoms with Crippen molar-refractivity contribution in [3.05, 3.63) is 51.1 Å². The molecule has 0 saturated heterocycles. The molecule has 2 heterocycles. The normalized spacial score (nSPS) is 12.0. The van der Waals surface area contributed by atoms with E-state index in [4.69, 9.17) is 0 Å². The lowest BCUT2D eigenvalue weighted by molar-refractivity contribution is -0.384. The van der Waals surface area contributed by atoms with Crippen LogP contribution in [-0.2, 0) is 13.6 Å². The first-order valence-electron chi connectivity index (χ1n) is 7.35. The lowest BCUT2D eigenvalue weighted by atomic mass is 10.3. The minimum atomic E-state index is -0.428. The number of aryl methyl sites for hydroxylation is 2. The number of carbonyl (C=O) groups is 1. The highest BCUT2D eigenvalue weighted by molar-refractivity contribution is 7.98. The molecule has 1 amide bonds. The molecule has 0 aliphatic heterocycles. The van der Waals surface area contributed by atoms with Gasteiger partial charge in [0, 0.05) is 37.7 Å². The summed E-state index contributed by atoms with van der Waals surface area (Å²) in [6, 6.07) is 6.30. The highest BCUT2D eigenvalue weighted by Gasteiger charge is 2.14. The first-order chi connectivity index (χ1) is 12.0. The van der Waals surface area contributed by atoms with Crippen molar-refractivity contribution in [2.24, 2.45) is 12.0 Å². The number of fused-ring (bicyclic) bond motifs is 1. The van der Waals surface area contributed by atoms with E-state index in [9.17, 15) is 14.9 Å². The van der Waals surface area contributed by atoms with Crippen LogP contribution in [0.3, 0.4) is 0 Å². The summed E-state index contributed by atoms with van der Waals surface area (Å²) < 4.78 is 4.12. The van der Waals surface area contributed by atoms with Crippen molar-refractivity contribution in [3.63, 3.8) is 0 Å². The van der Waals surface area contributed by atoms with Crippen LogP contribution in [0.25, 0.3) is 10.2 Å². The molecule has 130 valence electrons. The van der Waals surface area contributed by atoms with Crippen molar-refractivity contribution in [3.8, 4) is 0 Å². The molecule has 0 radical (unpaired) electrons. The summed E-state index contributed by atoms with van der Waals surface area (Å²) in [5.74, 6) is 0.453. The van der Waals surface area contributed by atoms with Gasteiger partial charge in [0.15, 0.2) is 4.80 Å². The number of nitrogens with zero attached hydrogens (tertiary/aromatic N) is 5.